The summed E-state index contributed by atoms with van der Waals surface area (Å²) in [4.78, 5) is 34.2. The molecular formula is C13H14BrN3O3. The van der Waals surface area contributed by atoms with Gasteiger partial charge in [-0.1, -0.05) is 28.1 Å². The number of hydrogen-bond donors (Lipinski definition) is 3. The lowest BCUT2D eigenvalue weighted by Crippen LogP contribution is -2.37. The van der Waals surface area contributed by atoms with Gasteiger partial charge in [0.25, 0.3) is 5.91 Å². The molecule has 2 unspecified atom stereocenters. The Kier molecular flexibility index (Phi) is 4.39. The first kappa shape index (κ1) is 14.5. The van der Waals surface area contributed by atoms with Crippen LogP contribution in [-0.2, 0) is 9.59 Å². The fourth-order valence-corrected chi connectivity index (χ4v) is 2.36. The summed E-state index contributed by atoms with van der Waals surface area (Å²) in [5.41, 5.74) is 0.952. The first-order chi connectivity index (χ1) is 9.45. The Hall–Kier alpha value is -1.89. The number of benzene rings is 1. The molecule has 106 valence electrons. The van der Waals surface area contributed by atoms with Gasteiger partial charge in [0.05, 0.1) is 12.5 Å². The minimum atomic E-state index is -0.794. The lowest BCUT2D eigenvalue weighted by molar-refractivity contribution is -0.126. The Morgan fingerprint density at radius 2 is 2.20 bits per heavy atom. The van der Waals surface area contributed by atoms with Crippen molar-refractivity contribution in [3.8, 4) is 0 Å². The first-order valence-electron chi connectivity index (χ1n) is 6.12. The van der Waals surface area contributed by atoms with Crippen LogP contribution in [0.5, 0.6) is 0 Å². The maximum atomic E-state index is 11.9. The van der Waals surface area contributed by atoms with Gasteiger partial charge in [-0.05, 0) is 24.6 Å². The van der Waals surface area contributed by atoms with E-state index in [9.17, 15) is 14.4 Å². The number of imide groups is 1. The van der Waals surface area contributed by atoms with E-state index in [2.05, 4.69) is 31.9 Å². The molecule has 6 nitrogen and oxygen atoms in total. The van der Waals surface area contributed by atoms with Gasteiger partial charge in [-0.15, -0.1) is 0 Å². The average Bonchev–Trinajstić information content (AvgIpc) is 2.67. The SMILES string of the molecule is CC(NC(=O)CC1NC(=O)NC1=O)c1cccc(Br)c1. The van der Waals surface area contributed by atoms with Crippen molar-refractivity contribution >= 4 is 33.8 Å². The minimum Gasteiger partial charge on any atom is -0.350 e. The molecule has 0 bridgehead atoms. The molecule has 0 spiro atoms. The normalized spacial score (nSPS) is 19.2. The van der Waals surface area contributed by atoms with E-state index in [4.69, 9.17) is 0 Å². The van der Waals surface area contributed by atoms with Gasteiger partial charge in [-0.3, -0.25) is 14.9 Å². The highest BCUT2D eigenvalue weighted by molar-refractivity contribution is 9.10. The summed E-state index contributed by atoms with van der Waals surface area (Å²) in [6.07, 6.45) is -0.0735. The molecule has 0 radical (unpaired) electrons. The molecule has 2 rings (SSSR count). The van der Waals surface area contributed by atoms with Crippen LogP contribution in [0.15, 0.2) is 28.7 Å². The molecule has 7 heteroatoms. The predicted molar refractivity (Wildman–Crippen MR) is 75.8 cm³/mol. The van der Waals surface area contributed by atoms with Crippen molar-refractivity contribution in [3.63, 3.8) is 0 Å². The van der Waals surface area contributed by atoms with Gasteiger partial charge in [-0.2, -0.15) is 0 Å². The molecule has 1 heterocycles. The maximum Gasteiger partial charge on any atom is 0.322 e. The van der Waals surface area contributed by atoms with E-state index in [0.29, 0.717) is 0 Å². The molecule has 1 aliphatic heterocycles. The fraction of sp³-hybridized carbons (Fsp3) is 0.308. The number of amides is 4. The third-order valence-electron chi connectivity index (χ3n) is 2.97. The summed E-state index contributed by atoms with van der Waals surface area (Å²) >= 11 is 3.37. The smallest absolute Gasteiger partial charge is 0.322 e. The zero-order valence-electron chi connectivity index (χ0n) is 10.8. The molecule has 0 aromatic heterocycles. The second kappa shape index (κ2) is 6.04. The highest BCUT2D eigenvalue weighted by Crippen LogP contribution is 2.18. The average molecular weight is 340 g/mol. The maximum absolute atomic E-state index is 11.9. The monoisotopic (exact) mass is 339 g/mol. The standard InChI is InChI=1S/C13H14BrN3O3/c1-7(8-3-2-4-9(14)5-8)15-11(18)6-10-12(19)17-13(20)16-10/h2-5,7,10H,6H2,1H3,(H,15,18)(H2,16,17,19,20). The van der Waals surface area contributed by atoms with E-state index in [1.807, 2.05) is 31.2 Å². The second-order valence-electron chi connectivity index (χ2n) is 4.56. The van der Waals surface area contributed by atoms with E-state index in [0.717, 1.165) is 10.0 Å². The zero-order chi connectivity index (χ0) is 14.7. The third kappa shape index (κ3) is 3.57. The van der Waals surface area contributed by atoms with Gasteiger partial charge in [0, 0.05) is 4.47 Å². The Balaban J connectivity index is 1.91. The number of halogens is 1. The number of carbonyl (C=O) groups excluding carboxylic acids is 3. The van der Waals surface area contributed by atoms with Crippen molar-refractivity contribution in [1.29, 1.82) is 0 Å². The van der Waals surface area contributed by atoms with Gasteiger partial charge in [0.1, 0.15) is 6.04 Å². The third-order valence-corrected chi connectivity index (χ3v) is 3.47. The van der Waals surface area contributed by atoms with Gasteiger partial charge >= 0.3 is 6.03 Å². The number of carbonyl (C=O) groups is 3. The van der Waals surface area contributed by atoms with Crippen LogP contribution < -0.4 is 16.0 Å². The van der Waals surface area contributed by atoms with E-state index in [1.165, 1.54) is 0 Å². The molecule has 1 aromatic rings. The largest absolute Gasteiger partial charge is 0.350 e. The van der Waals surface area contributed by atoms with Crippen LogP contribution in [0.4, 0.5) is 4.79 Å². The van der Waals surface area contributed by atoms with Gasteiger partial charge in [0.2, 0.25) is 5.91 Å². The summed E-state index contributed by atoms with van der Waals surface area (Å²) < 4.78 is 0.929. The molecule has 1 fully saturated rings. The van der Waals surface area contributed by atoms with Crippen molar-refractivity contribution in [1.82, 2.24) is 16.0 Å². The molecule has 1 saturated heterocycles. The molecule has 1 aromatic carbocycles. The van der Waals surface area contributed by atoms with E-state index >= 15 is 0 Å². The second-order valence-corrected chi connectivity index (χ2v) is 5.48. The molecule has 0 aliphatic carbocycles. The van der Waals surface area contributed by atoms with E-state index in [-0.39, 0.29) is 18.4 Å². The highest BCUT2D eigenvalue weighted by atomic mass is 79.9. The summed E-state index contributed by atoms with van der Waals surface area (Å²) in [5, 5.41) is 7.27. The summed E-state index contributed by atoms with van der Waals surface area (Å²) in [5.74, 6) is -0.764. The molecule has 2 atom stereocenters. The first-order valence-corrected chi connectivity index (χ1v) is 6.91. The quantitative estimate of drug-likeness (QED) is 0.721. The predicted octanol–water partition coefficient (Wildman–Crippen LogP) is 1.22. The zero-order valence-corrected chi connectivity index (χ0v) is 12.4. The van der Waals surface area contributed by atoms with Crippen LogP contribution in [0.3, 0.4) is 0 Å². The van der Waals surface area contributed by atoms with Crippen molar-refractivity contribution < 1.29 is 14.4 Å². The number of urea groups is 1. The van der Waals surface area contributed by atoms with E-state index < -0.39 is 18.0 Å². The molecule has 0 saturated carbocycles. The Morgan fingerprint density at radius 1 is 1.45 bits per heavy atom. The van der Waals surface area contributed by atoms with E-state index in [1.54, 1.807) is 0 Å². The van der Waals surface area contributed by atoms with Crippen LogP contribution in [0, 0.1) is 0 Å². The molecular weight excluding hydrogens is 326 g/mol. The fourth-order valence-electron chi connectivity index (χ4n) is 1.95. The Labute approximate surface area is 124 Å². The molecule has 1 aliphatic rings. The molecule has 4 amide bonds. The van der Waals surface area contributed by atoms with Crippen molar-refractivity contribution in [3.05, 3.63) is 34.3 Å². The van der Waals surface area contributed by atoms with Gasteiger partial charge in [0.15, 0.2) is 0 Å². The number of nitrogens with one attached hydrogen (secondary N) is 3. The Morgan fingerprint density at radius 3 is 2.80 bits per heavy atom. The van der Waals surface area contributed by atoms with Crippen LogP contribution in [0.1, 0.15) is 24.9 Å². The summed E-state index contributed by atoms with van der Waals surface area (Å²) in [6, 6.07) is 6.06. The van der Waals surface area contributed by atoms with Gasteiger partial charge in [-0.25, -0.2) is 4.79 Å². The topological polar surface area (TPSA) is 87.3 Å². The summed E-state index contributed by atoms with van der Waals surface area (Å²) in [7, 11) is 0. The van der Waals surface area contributed by atoms with Crippen molar-refractivity contribution in [2.45, 2.75) is 25.4 Å². The highest BCUT2D eigenvalue weighted by Gasteiger charge is 2.31. The Bertz CT molecular complexity index is 562. The van der Waals surface area contributed by atoms with Gasteiger partial charge < -0.3 is 10.6 Å². The minimum absolute atomic E-state index is 0.0735. The van der Waals surface area contributed by atoms with Crippen molar-refractivity contribution in [2.24, 2.45) is 0 Å². The summed E-state index contributed by atoms with van der Waals surface area (Å²) in [6.45, 7) is 1.85. The molecule has 20 heavy (non-hydrogen) atoms. The lowest BCUT2D eigenvalue weighted by Gasteiger charge is -2.15. The van der Waals surface area contributed by atoms with Crippen LogP contribution in [0.2, 0.25) is 0 Å². The van der Waals surface area contributed by atoms with Crippen LogP contribution in [-0.4, -0.2) is 23.9 Å². The number of hydrogen-bond acceptors (Lipinski definition) is 3. The molecule has 3 N–H and O–H groups in total. The van der Waals surface area contributed by atoms with Crippen molar-refractivity contribution in [2.75, 3.05) is 0 Å². The lowest BCUT2D eigenvalue weighted by atomic mass is 10.1. The number of rotatable bonds is 4. The van der Waals surface area contributed by atoms with Crippen LogP contribution in [0.25, 0.3) is 0 Å². The van der Waals surface area contributed by atoms with Crippen LogP contribution >= 0.6 is 15.9 Å².